The average molecular weight is 506 g/mol. The third kappa shape index (κ3) is 7.61. The van der Waals surface area contributed by atoms with Crippen LogP contribution >= 0.6 is 23.5 Å². The highest BCUT2D eigenvalue weighted by atomic mass is 35.5. The Morgan fingerprint density at radius 1 is 1.06 bits per heavy atom. The summed E-state index contributed by atoms with van der Waals surface area (Å²) in [6.07, 6.45) is 7.41. The van der Waals surface area contributed by atoms with E-state index in [4.69, 9.17) is 21.1 Å². The maximum Gasteiger partial charge on any atom is 0.119 e. The zero-order chi connectivity index (χ0) is 23.8. The van der Waals surface area contributed by atoms with Crippen LogP contribution in [0.5, 0.6) is 5.75 Å². The van der Waals surface area contributed by atoms with E-state index in [1.165, 1.54) is 32.1 Å². The number of nitrogens with one attached hydrogen (secondary N) is 1. The lowest BCUT2D eigenvalue weighted by Crippen LogP contribution is -2.33. The van der Waals surface area contributed by atoms with Gasteiger partial charge < -0.3 is 19.7 Å². The van der Waals surface area contributed by atoms with E-state index in [2.05, 4.69) is 22.9 Å². The summed E-state index contributed by atoms with van der Waals surface area (Å²) < 4.78 is 15.3. The molecule has 1 saturated carbocycles. The maximum atomic E-state index is 10.1. The molecule has 0 amide bonds. The van der Waals surface area contributed by atoms with E-state index in [1.807, 2.05) is 36.2 Å². The smallest absolute Gasteiger partial charge is 0.119 e. The van der Waals surface area contributed by atoms with Crippen molar-refractivity contribution in [1.29, 1.82) is 0 Å². The van der Waals surface area contributed by atoms with E-state index in [1.54, 1.807) is 0 Å². The Morgan fingerprint density at radius 3 is 2.62 bits per heavy atom. The summed E-state index contributed by atoms with van der Waals surface area (Å²) in [5, 5.41) is 21.1. The zero-order valence-electron chi connectivity index (χ0n) is 19.6. The topological polar surface area (TPSA) is 71.0 Å². The minimum absolute atomic E-state index is 0.0855. The molecule has 2 aromatic rings. The van der Waals surface area contributed by atoms with Crippen LogP contribution in [0.15, 0.2) is 42.5 Å². The highest BCUT2D eigenvalue weighted by Crippen LogP contribution is 2.34. The molecule has 0 bridgehead atoms. The van der Waals surface area contributed by atoms with Gasteiger partial charge in [0.2, 0.25) is 0 Å². The van der Waals surface area contributed by atoms with Gasteiger partial charge in [-0.2, -0.15) is 0 Å². The molecule has 2 aliphatic rings. The second kappa shape index (κ2) is 13.1. The first-order chi connectivity index (χ1) is 16.6. The van der Waals surface area contributed by atoms with Crippen molar-refractivity contribution >= 4 is 23.5 Å². The highest BCUT2D eigenvalue weighted by molar-refractivity contribution is 7.98. The highest BCUT2D eigenvalue weighted by Gasteiger charge is 2.29. The first-order valence-electron chi connectivity index (χ1n) is 12.4. The Kier molecular flexibility index (Phi) is 9.98. The van der Waals surface area contributed by atoms with Crippen LogP contribution in [-0.2, 0) is 11.2 Å². The van der Waals surface area contributed by atoms with E-state index in [0.717, 1.165) is 34.2 Å². The van der Waals surface area contributed by atoms with Crippen molar-refractivity contribution < 1.29 is 19.7 Å². The Labute approximate surface area is 212 Å². The van der Waals surface area contributed by atoms with Crippen molar-refractivity contribution in [2.75, 3.05) is 19.8 Å². The van der Waals surface area contributed by atoms with Gasteiger partial charge in [-0.15, -0.1) is 0 Å². The van der Waals surface area contributed by atoms with Crippen LogP contribution in [0.2, 0.25) is 5.02 Å². The summed E-state index contributed by atoms with van der Waals surface area (Å²) in [4.78, 5) is 0. The van der Waals surface area contributed by atoms with Gasteiger partial charge in [-0.05, 0) is 54.2 Å². The molecule has 0 radical (unpaired) electrons. The lowest BCUT2D eigenvalue weighted by atomic mass is 9.94. The number of aliphatic hydroxyl groups excluding tert-OH is 2. The average Bonchev–Trinajstić information content (AvgIpc) is 2.86. The van der Waals surface area contributed by atoms with Gasteiger partial charge in [0, 0.05) is 29.7 Å². The van der Waals surface area contributed by atoms with Crippen molar-refractivity contribution in [1.82, 2.24) is 4.72 Å². The number of aliphatic hydroxyl groups is 2. The van der Waals surface area contributed by atoms with Crippen LogP contribution in [0.1, 0.15) is 67.7 Å². The lowest BCUT2D eigenvalue weighted by molar-refractivity contribution is -0.113. The van der Waals surface area contributed by atoms with Gasteiger partial charge in [0.15, 0.2) is 0 Å². The number of benzene rings is 2. The molecule has 0 aromatic heterocycles. The quantitative estimate of drug-likeness (QED) is 0.294. The van der Waals surface area contributed by atoms with E-state index in [-0.39, 0.29) is 18.8 Å². The first kappa shape index (κ1) is 25.8. The predicted molar refractivity (Wildman–Crippen MR) is 139 cm³/mol. The summed E-state index contributed by atoms with van der Waals surface area (Å²) in [5.41, 5.74) is 3.14. The Bertz CT molecular complexity index is 891. The summed E-state index contributed by atoms with van der Waals surface area (Å²) in [6.45, 7) is 1.40. The molecule has 5 nitrogen and oxygen atoms in total. The molecule has 1 aliphatic carbocycles. The van der Waals surface area contributed by atoms with Crippen LogP contribution in [0, 0.1) is 0 Å². The van der Waals surface area contributed by atoms with Crippen LogP contribution in [0.25, 0.3) is 0 Å². The Balaban J connectivity index is 1.27. The monoisotopic (exact) mass is 505 g/mol. The normalized spacial score (nSPS) is 23.7. The third-order valence-electron chi connectivity index (χ3n) is 6.62. The van der Waals surface area contributed by atoms with E-state index in [9.17, 15) is 10.2 Å². The van der Waals surface area contributed by atoms with Crippen molar-refractivity contribution in [3.63, 3.8) is 0 Å². The molecule has 1 aliphatic heterocycles. The molecule has 2 fully saturated rings. The van der Waals surface area contributed by atoms with Crippen LogP contribution < -0.4 is 9.46 Å². The molecule has 1 saturated heterocycles. The van der Waals surface area contributed by atoms with Crippen LogP contribution in [0.4, 0.5) is 0 Å². The molecule has 3 N–H and O–H groups in total. The fraction of sp³-hybridized carbons (Fsp3) is 0.556. The number of rotatable bonds is 10. The lowest BCUT2D eigenvalue weighted by Gasteiger charge is -2.32. The Hall–Kier alpha value is -1.28. The zero-order valence-corrected chi connectivity index (χ0v) is 21.2. The summed E-state index contributed by atoms with van der Waals surface area (Å²) >= 11 is 8.36. The van der Waals surface area contributed by atoms with Crippen molar-refractivity contribution in [3.05, 3.63) is 64.2 Å². The SMILES string of the molecule is OCC1CC(O)CC(c2ccc(Cl)c(Cc3ccc(OCCNSC4CCCCC4)cc3)c2)O1. The molecule has 34 heavy (non-hydrogen) atoms. The molecule has 0 spiro atoms. The number of ether oxygens (including phenoxy) is 2. The molecule has 3 unspecified atom stereocenters. The molecular weight excluding hydrogens is 470 g/mol. The first-order valence-corrected chi connectivity index (χ1v) is 13.7. The molecule has 3 atom stereocenters. The van der Waals surface area contributed by atoms with Crippen molar-refractivity contribution in [3.8, 4) is 5.75 Å². The molecule has 1 heterocycles. The van der Waals surface area contributed by atoms with Crippen LogP contribution in [0.3, 0.4) is 0 Å². The van der Waals surface area contributed by atoms with E-state index in [0.29, 0.717) is 30.9 Å². The maximum absolute atomic E-state index is 10.1. The fourth-order valence-corrected chi connectivity index (χ4v) is 5.94. The summed E-state index contributed by atoms with van der Waals surface area (Å²) in [6, 6.07) is 14.1. The largest absolute Gasteiger partial charge is 0.492 e. The van der Waals surface area contributed by atoms with Gasteiger partial charge in [-0.1, -0.05) is 67.1 Å². The minimum Gasteiger partial charge on any atom is -0.492 e. The number of halogens is 1. The minimum atomic E-state index is -0.469. The Morgan fingerprint density at radius 2 is 1.85 bits per heavy atom. The van der Waals surface area contributed by atoms with Gasteiger partial charge in [-0.3, -0.25) is 4.72 Å². The standard InChI is InChI=1S/C27H36ClNO4S/c28-26-11-8-20(27-17-22(31)16-24(18-30)33-27)15-21(26)14-19-6-9-23(10-7-19)32-13-12-29-34-25-4-2-1-3-5-25/h6-11,15,22,24-25,27,29-31H,1-5,12-14,16-18H2. The van der Waals surface area contributed by atoms with E-state index < -0.39 is 6.10 Å². The fourth-order valence-electron chi connectivity index (χ4n) is 4.75. The van der Waals surface area contributed by atoms with Gasteiger partial charge in [-0.25, -0.2) is 0 Å². The van der Waals surface area contributed by atoms with Gasteiger partial charge in [0.05, 0.1) is 24.9 Å². The number of hydrogen-bond donors (Lipinski definition) is 3. The van der Waals surface area contributed by atoms with Gasteiger partial charge >= 0.3 is 0 Å². The predicted octanol–water partition coefficient (Wildman–Crippen LogP) is 5.45. The van der Waals surface area contributed by atoms with Gasteiger partial charge in [0.25, 0.3) is 0 Å². The molecule has 7 heteroatoms. The summed E-state index contributed by atoms with van der Waals surface area (Å²) in [7, 11) is 0. The number of hydrogen-bond acceptors (Lipinski definition) is 6. The van der Waals surface area contributed by atoms with Crippen molar-refractivity contribution in [2.45, 2.75) is 74.9 Å². The van der Waals surface area contributed by atoms with Gasteiger partial charge in [0.1, 0.15) is 12.4 Å². The second-order valence-corrected chi connectivity index (χ2v) is 10.9. The van der Waals surface area contributed by atoms with E-state index >= 15 is 0 Å². The molecule has 186 valence electrons. The molecule has 2 aromatic carbocycles. The third-order valence-corrected chi connectivity index (χ3v) is 8.16. The molecular formula is C27H36ClNO4S. The van der Waals surface area contributed by atoms with Crippen molar-refractivity contribution in [2.24, 2.45) is 0 Å². The summed E-state index contributed by atoms with van der Waals surface area (Å²) in [5.74, 6) is 0.868. The van der Waals surface area contributed by atoms with Crippen LogP contribution in [-0.4, -0.2) is 47.4 Å². The molecule has 4 rings (SSSR count). The second-order valence-electron chi connectivity index (χ2n) is 9.35.